The molecule has 1 aromatic rings. The van der Waals surface area contributed by atoms with Gasteiger partial charge in [0.15, 0.2) is 0 Å². The van der Waals surface area contributed by atoms with Gasteiger partial charge in [-0.05, 0) is 80.8 Å². The summed E-state index contributed by atoms with van der Waals surface area (Å²) < 4.78 is 0. The third kappa shape index (κ3) is 2.27. The molecule has 0 unspecified atom stereocenters. The van der Waals surface area contributed by atoms with Crippen molar-refractivity contribution >= 4 is 5.91 Å². The molecule has 0 radical (unpaired) electrons. The topological polar surface area (TPSA) is 42.0 Å². The highest BCUT2D eigenvalue weighted by molar-refractivity contribution is 5.94. The van der Waals surface area contributed by atoms with Gasteiger partial charge in [-0.1, -0.05) is 0 Å². The summed E-state index contributed by atoms with van der Waals surface area (Å²) in [6.07, 6.45) is 11.7. The molecule has 3 heteroatoms. The van der Waals surface area contributed by atoms with Crippen molar-refractivity contribution in [3.63, 3.8) is 0 Å². The minimum atomic E-state index is 0.0562. The van der Waals surface area contributed by atoms with Crippen LogP contribution in [-0.2, 0) is 0 Å². The first-order chi connectivity index (χ1) is 10.1. The number of aromatic nitrogens is 1. The normalized spacial score (nSPS) is 38.2. The Labute approximate surface area is 126 Å². The van der Waals surface area contributed by atoms with E-state index in [2.05, 4.69) is 17.2 Å². The largest absolute Gasteiger partial charge is 0.349 e. The number of nitrogens with zero attached hydrogens (tertiary/aromatic N) is 1. The van der Waals surface area contributed by atoms with Crippen LogP contribution in [0.3, 0.4) is 0 Å². The molecule has 1 heterocycles. The number of amides is 1. The van der Waals surface area contributed by atoms with Crippen LogP contribution in [0.4, 0.5) is 0 Å². The maximum absolute atomic E-state index is 12.4. The van der Waals surface area contributed by atoms with Crippen molar-refractivity contribution < 1.29 is 4.79 Å². The SMILES string of the molecule is C[C@H](NC(=O)c1ccncc1)C12CC3CC(CC(C3)C1)C2. The minimum absolute atomic E-state index is 0.0562. The van der Waals surface area contributed by atoms with Gasteiger partial charge in [0.2, 0.25) is 0 Å². The van der Waals surface area contributed by atoms with Gasteiger partial charge in [0, 0.05) is 24.0 Å². The van der Waals surface area contributed by atoms with Gasteiger partial charge in [-0.15, -0.1) is 0 Å². The van der Waals surface area contributed by atoms with Crippen LogP contribution in [0.25, 0.3) is 0 Å². The van der Waals surface area contributed by atoms with Crippen molar-refractivity contribution in [3.8, 4) is 0 Å². The lowest BCUT2D eigenvalue weighted by Crippen LogP contribution is -2.55. The number of carbonyl (C=O) groups is 1. The summed E-state index contributed by atoms with van der Waals surface area (Å²) >= 11 is 0. The van der Waals surface area contributed by atoms with Crippen molar-refractivity contribution in [3.05, 3.63) is 30.1 Å². The Morgan fingerprint density at radius 1 is 1.14 bits per heavy atom. The van der Waals surface area contributed by atoms with E-state index in [1.54, 1.807) is 24.5 Å². The van der Waals surface area contributed by atoms with Crippen molar-refractivity contribution in [2.75, 3.05) is 0 Å². The number of nitrogens with one attached hydrogen (secondary N) is 1. The van der Waals surface area contributed by atoms with Crippen molar-refractivity contribution in [2.45, 2.75) is 51.5 Å². The van der Waals surface area contributed by atoms with Gasteiger partial charge >= 0.3 is 0 Å². The van der Waals surface area contributed by atoms with Crippen LogP contribution in [0.15, 0.2) is 24.5 Å². The molecular formula is C18H24N2O. The molecule has 0 aromatic carbocycles. The highest BCUT2D eigenvalue weighted by Gasteiger charge is 2.53. The lowest BCUT2D eigenvalue weighted by molar-refractivity contribution is -0.0688. The highest BCUT2D eigenvalue weighted by Crippen LogP contribution is 2.61. The van der Waals surface area contributed by atoms with Gasteiger partial charge in [-0.2, -0.15) is 0 Å². The predicted octanol–water partition coefficient (Wildman–Crippen LogP) is 3.42. The lowest BCUT2D eigenvalue weighted by atomic mass is 9.48. The molecule has 1 atom stereocenters. The number of rotatable bonds is 3. The third-order valence-electron chi connectivity index (χ3n) is 6.29. The van der Waals surface area contributed by atoms with Crippen LogP contribution in [0.1, 0.15) is 55.8 Å². The molecule has 0 saturated heterocycles. The second-order valence-corrected chi connectivity index (χ2v) is 7.71. The molecule has 0 aliphatic heterocycles. The number of hydrogen-bond acceptors (Lipinski definition) is 2. The molecule has 1 aromatic heterocycles. The summed E-state index contributed by atoms with van der Waals surface area (Å²) in [4.78, 5) is 16.4. The smallest absolute Gasteiger partial charge is 0.251 e. The summed E-state index contributed by atoms with van der Waals surface area (Å²) in [6.45, 7) is 2.23. The Morgan fingerprint density at radius 3 is 2.19 bits per heavy atom. The zero-order chi connectivity index (χ0) is 14.4. The van der Waals surface area contributed by atoms with Crippen LogP contribution >= 0.6 is 0 Å². The fraction of sp³-hybridized carbons (Fsp3) is 0.667. The van der Waals surface area contributed by atoms with Crippen LogP contribution in [0.2, 0.25) is 0 Å². The molecule has 1 amide bonds. The van der Waals surface area contributed by atoms with E-state index in [9.17, 15) is 4.79 Å². The van der Waals surface area contributed by atoms with Gasteiger partial charge in [-0.3, -0.25) is 9.78 Å². The number of carbonyl (C=O) groups excluding carboxylic acids is 1. The second-order valence-electron chi connectivity index (χ2n) is 7.71. The standard InChI is InChI=1S/C18H24N2O/c1-12(20-17(21)16-2-4-19-5-3-16)18-9-13-6-14(10-18)8-15(7-13)11-18/h2-5,12-15H,6-11H2,1H3,(H,20,21)/t12-,13?,14?,15?,18?/m0/s1. The van der Waals surface area contributed by atoms with E-state index in [1.807, 2.05) is 0 Å². The summed E-state index contributed by atoms with van der Waals surface area (Å²) in [5.41, 5.74) is 1.10. The summed E-state index contributed by atoms with van der Waals surface area (Å²) in [5, 5.41) is 3.29. The van der Waals surface area contributed by atoms with Crippen LogP contribution < -0.4 is 5.32 Å². The van der Waals surface area contributed by atoms with E-state index >= 15 is 0 Å². The number of hydrogen-bond donors (Lipinski definition) is 1. The van der Waals surface area contributed by atoms with E-state index in [1.165, 1.54) is 38.5 Å². The van der Waals surface area contributed by atoms with Crippen LogP contribution in [0, 0.1) is 23.2 Å². The molecule has 112 valence electrons. The Bertz CT molecular complexity index is 504. The Balaban J connectivity index is 1.50. The zero-order valence-electron chi connectivity index (χ0n) is 12.7. The number of pyridine rings is 1. The van der Waals surface area contributed by atoms with E-state index in [0.29, 0.717) is 5.41 Å². The van der Waals surface area contributed by atoms with E-state index in [4.69, 9.17) is 0 Å². The zero-order valence-corrected chi connectivity index (χ0v) is 12.7. The van der Waals surface area contributed by atoms with Crippen molar-refractivity contribution in [1.82, 2.24) is 10.3 Å². The Morgan fingerprint density at radius 2 is 1.67 bits per heavy atom. The fourth-order valence-electron chi connectivity index (χ4n) is 5.64. The predicted molar refractivity (Wildman–Crippen MR) is 81.8 cm³/mol. The summed E-state index contributed by atoms with van der Waals surface area (Å²) in [5.74, 6) is 2.84. The molecule has 21 heavy (non-hydrogen) atoms. The van der Waals surface area contributed by atoms with Gasteiger partial charge in [-0.25, -0.2) is 0 Å². The van der Waals surface area contributed by atoms with Crippen LogP contribution in [0.5, 0.6) is 0 Å². The van der Waals surface area contributed by atoms with E-state index in [0.717, 1.165) is 23.3 Å². The average Bonchev–Trinajstić information content (AvgIpc) is 2.46. The molecule has 3 nitrogen and oxygen atoms in total. The summed E-state index contributed by atoms with van der Waals surface area (Å²) in [7, 11) is 0. The van der Waals surface area contributed by atoms with Crippen LogP contribution in [-0.4, -0.2) is 16.9 Å². The molecule has 4 aliphatic carbocycles. The van der Waals surface area contributed by atoms with Gasteiger partial charge < -0.3 is 5.32 Å². The first-order valence-corrected chi connectivity index (χ1v) is 8.35. The monoisotopic (exact) mass is 284 g/mol. The molecular weight excluding hydrogens is 260 g/mol. The average molecular weight is 284 g/mol. The first-order valence-electron chi connectivity index (χ1n) is 8.35. The first kappa shape index (κ1) is 13.3. The maximum atomic E-state index is 12.4. The van der Waals surface area contributed by atoms with E-state index in [-0.39, 0.29) is 11.9 Å². The molecule has 1 N–H and O–H groups in total. The third-order valence-corrected chi connectivity index (χ3v) is 6.29. The maximum Gasteiger partial charge on any atom is 0.251 e. The fourth-order valence-corrected chi connectivity index (χ4v) is 5.64. The van der Waals surface area contributed by atoms with Gasteiger partial charge in [0.25, 0.3) is 5.91 Å². The quantitative estimate of drug-likeness (QED) is 0.924. The Kier molecular flexibility index (Phi) is 3.05. The molecule has 4 aliphatic rings. The van der Waals surface area contributed by atoms with Crippen molar-refractivity contribution in [2.24, 2.45) is 23.2 Å². The Hall–Kier alpha value is -1.38. The molecule has 5 rings (SSSR count). The summed E-state index contributed by atoms with van der Waals surface area (Å²) in [6, 6.07) is 3.87. The molecule has 4 fully saturated rings. The lowest BCUT2D eigenvalue weighted by Gasteiger charge is -2.59. The second kappa shape index (κ2) is 4.82. The highest BCUT2D eigenvalue weighted by atomic mass is 16.1. The molecule has 4 saturated carbocycles. The minimum Gasteiger partial charge on any atom is -0.349 e. The van der Waals surface area contributed by atoms with Gasteiger partial charge in [0.05, 0.1) is 0 Å². The molecule has 4 bridgehead atoms. The van der Waals surface area contributed by atoms with Gasteiger partial charge in [0.1, 0.15) is 0 Å². The van der Waals surface area contributed by atoms with Crippen molar-refractivity contribution in [1.29, 1.82) is 0 Å². The van der Waals surface area contributed by atoms with E-state index < -0.39 is 0 Å². The molecule has 0 spiro atoms.